The van der Waals surface area contributed by atoms with Crippen molar-refractivity contribution >= 4 is 5.91 Å². The third-order valence-corrected chi connectivity index (χ3v) is 5.18. The molecule has 126 valence electrons. The maximum atomic E-state index is 13.3. The average Bonchev–Trinajstić information content (AvgIpc) is 3.11. The highest BCUT2D eigenvalue weighted by Crippen LogP contribution is 2.25. The molecule has 2 heterocycles. The molecule has 0 aromatic heterocycles. The van der Waals surface area contributed by atoms with Gasteiger partial charge in [-0.15, -0.1) is 0 Å². The number of nitrogens with zero attached hydrogens (tertiary/aromatic N) is 3. The Morgan fingerprint density at radius 1 is 1.22 bits per heavy atom. The van der Waals surface area contributed by atoms with Crippen LogP contribution in [0.25, 0.3) is 0 Å². The van der Waals surface area contributed by atoms with Crippen LogP contribution in [0.5, 0.6) is 0 Å². The standard InChI is InChI=1S/C18H28N4O/c1-20-10-12-22(13-11-20)17(15-6-4-3-5-7-15)18(23)21(2)16-8-9-19-14-16/h3-7,16-17,19H,8-14H2,1-2H3. The molecule has 0 radical (unpaired) electrons. The number of nitrogens with one attached hydrogen (secondary N) is 1. The molecule has 0 spiro atoms. The molecule has 2 unspecified atom stereocenters. The molecular weight excluding hydrogens is 288 g/mol. The summed E-state index contributed by atoms with van der Waals surface area (Å²) in [4.78, 5) is 19.9. The maximum absolute atomic E-state index is 13.3. The second-order valence-electron chi connectivity index (χ2n) is 6.75. The zero-order valence-corrected chi connectivity index (χ0v) is 14.2. The molecule has 2 fully saturated rings. The molecule has 1 aromatic carbocycles. The molecule has 0 saturated carbocycles. The van der Waals surface area contributed by atoms with Gasteiger partial charge in [-0.05, 0) is 25.6 Å². The van der Waals surface area contributed by atoms with Gasteiger partial charge < -0.3 is 15.1 Å². The van der Waals surface area contributed by atoms with Crippen LogP contribution in [0.4, 0.5) is 0 Å². The highest BCUT2D eigenvalue weighted by molar-refractivity contribution is 5.83. The minimum absolute atomic E-state index is 0.157. The van der Waals surface area contributed by atoms with Crippen molar-refractivity contribution < 1.29 is 4.79 Å². The molecule has 2 saturated heterocycles. The Labute approximate surface area is 139 Å². The molecule has 23 heavy (non-hydrogen) atoms. The van der Waals surface area contributed by atoms with Crippen LogP contribution in [0.1, 0.15) is 18.0 Å². The number of hydrogen-bond donors (Lipinski definition) is 1. The molecule has 2 atom stereocenters. The summed E-state index contributed by atoms with van der Waals surface area (Å²) in [5, 5.41) is 3.36. The van der Waals surface area contributed by atoms with Gasteiger partial charge in [0, 0.05) is 45.8 Å². The summed E-state index contributed by atoms with van der Waals surface area (Å²) in [6.07, 6.45) is 1.05. The molecule has 2 aliphatic heterocycles. The fraction of sp³-hybridized carbons (Fsp3) is 0.611. The molecule has 5 nitrogen and oxygen atoms in total. The molecule has 5 heteroatoms. The van der Waals surface area contributed by atoms with Gasteiger partial charge >= 0.3 is 0 Å². The second kappa shape index (κ2) is 7.43. The molecule has 3 rings (SSSR count). The van der Waals surface area contributed by atoms with E-state index in [1.165, 1.54) is 0 Å². The molecule has 0 aliphatic carbocycles. The van der Waals surface area contributed by atoms with Crippen LogP contribution < -0.4 is 5.32 Å². The Hall–Kier alpha value is -1.43. The minimum Gasteiger partial charge on any atom is -0.340 e. The van der Waals surface area contributed by atoms with E-state index in [-0.39, 0.29) is 11.9 Å². The maximum Gasteiger partial charge on any atom is 0.244 e. The summed E-state index contributed by atoms with van der Waals surface area (Å²) >= 11 is 0. The van der Waals surface area contributed by atoms with E-state index in [4.69, 9.17) is 0 Å². The Balaban J connectivity index is 1.81. The average molecular weight is 316 g/mol. The predicted molar refractivity (Wildman–Crippen MR) is 92.3 cm³/mol. The summed E-state index contributed by atoms with van der Waals surface area (Å²) in [7, 11) is 4.11. The smallest absolute Gasteiger partial charge is 0.244 e. The van der Waals surface area contributed by atoms with Gasteiger partial charge in [-0.1, -0.05) is 30.3 Å². The van der Waals surface area contributed by atoms with E-state index >= 15 is 0 Å². The second-order valence-corrected chi connectivity index (χ2v) is 6.75. The van der Waals surface area contributed by atoms with Crippen molar-refractivity contribution in [3.05, 3.63) is 35.9 Å². The molecule has 0 bridgehead atoms. The third kappa shape index (κ3) is 3.74. The van der Waals surface area contributed by atoms with Crippen LogP contribution in [0.3, 0.4) is 0 Å². The number of rotatable bonds is 4. The first-order valence-electron chi connectivity index (χ1n) is 8.62. The lowest BCUT2D eigenvalue weighted by molar-refractivity contribution is -0.138. The fourth-order valence-electron chi connectivity index (χ4n) is 3.57. The number of hydrogen-bond acceptors (Lipinski definition) is 4. The summed E-state index contributed by atoms with van der Waals surface area (Å²) < 4.78 is 0. The Kier molecular flexibility index (Phi) is 5.30. The van der Waals surface area contributed by atoms with Gasteiger partial charge in [0.05, 0.1) is 0 Å². The van der Waals surface area contributed by atoms with E-state index in [0.717, 1.165) is 51.3 Å². The lowest BCUT2D eigenvalue weighted by Crippen LogP contribution is -2.51. The Morgan fingerprint density at radius 2 is 1.91 bits per heavy atom. The Morgan fingerprint density at radius 3 is 2.52 bits per heavy atom. The van der Waals surface area contributed by atoms with Crippen molar-refractivity contribution in [2.45, 2.75) is 18.5 Å². The quantitative estimate of drug-likeness (QED) is 0.892. The van der Waals surface area contributed by atoms with E-state index in [1.807, 2.05) is 30.1 Å². The molecular formula is C18H28N4O. The van der Waals surface area contributed by atoms with E-state index in [9.17, 15) is 4.79 Å². The van der Waals surface area contributed by atoms with Crippen LogP contribution >= 0.6 is 0 Å². The van der Waals surface area contributed by atoms with Crippen molar-refractivity contribution in [1.29, 1.82) is 0 Å². The van der Waals surface area contributed by atoms with Gasteiger partial charge in [-0.2, -0.15) is 0 Å². The summed E-state index contributed by atoms with van der Waals surface area (Å²) in [6.45, 7) is 5.84. The lowest BCUT2D eigenvalue weighted by Gasteiger charge is -2.39. The number of benzene rings is 1. The highest BCUT2D eigenvalue weighted by atomic mass is 16.2. The summed E-state index contributed by atoms with van der Waals surface area (Å²) in [5.41, 5.74) is 1.11. The minimum atomic E-state index is -0.157. The number of amides is 1. The first-order valence-corrected chi connectivity index (χ1v) is 8.62. The number of carbonyl (C=O) groups is 1. The molecule has 1 aromatic rings. The van der Waals surface area contributed by atoms with E-state index < -0.39 is 0 Å². The molecule has 2 aliphatic rings. The van der Waals surface area contributed by atoms with Gasteiger partial charge in [0.1, 0.15) is 6.04 Å². The number of piperazine rings is 1. The van der Waals surface area contributed by atoms with Crippen molar-refractivity contribution in [2.75, 3.05) is 53.4 Å². The topological polar surface area (TPSA) is 38.8 Å². The van der Waals surface area contributed by atoms with Crippen LogP contribution in [0, 0.1) is 0 Å². The first kappa shape index (κ1) is 16.4. The zero-order chi connectivity index (χ0) is 16.2. The van der Waals surface area contributed by atoms with Gasteiger partial charge in [-0.3, -0.25) is 9.69 Å². The first-order chi connectivity index (χ1) is 11.2. The van der Waals surface area contributed by atoms with Crippen LogP contribution in [-0.4, -0.2) is 80.0 Å². The van der Waals surface area contributed by atoms with E-state index in [1.54, 1.807) is 0 Å². The fourth-order valence-corrected chi connectivity index (χ4v) is 3.57. The van der Waals surface area contributed by atoms with Gasteiger partial charge in [-0.25, -0.2) is 0 Å². The van der Waals surface area contributed by atoms with Gasteiger partial charge in [0.15, 0.2) is 0 Å². The summed E-state index contributed by atoms with van der Waals surface area (Å²) in [6, 6.07) is 10.4. The lowest BCUT2D eigenvalue weighted by atomic mass is 10.0. The highest BCUT2D eigenvalue weighted by Gasteiger charge is 2.34. The van der Waals surface area contributed by atoms with Gasteiger partial charge in [0.25, 0.3) is 0 Å². The molecule has 1 N–H and O–H groups in total. The normalized spacial score (nSPS) is 24.5. The monoisotopic (exact) mass is 316 g/mol. The number of likely N-dealkylation sites (N-methyl/N-ethyl adjacent to an activating group) is 2. The van der Waals surface area contributed by atoms with Gasteiger partial charge in [0.2, 0.25) is 5.91 Å². The van der Waals surface area contributed by atoms with E-state index in [2.05, 4.69) is 34.3 Å². The number of carbonyl (C=O) groups excluding carboxylic acids is 1. The predicted octanol–water partition coefficient (Wildman–Crippen LogP) is 0.795. The van der Waals surface area contributed by atoms with Crippen molar-refractivity contribution in [3.8, 4) is 0 Å². The van der Waals surface area contributed by atoms with Crippen molar-refractivity contribution in [3.63, 3.8) is 0 Å². The summed E-state index contributed by atoms with van der Waals surface area (Å²) in [5.74, 6) is 0.231. The molecule has 1 amide bonds. The van der Waals surface area contributed by atoms with Crippen LogP contribution in [0.15, 0.2) is 30.3 Å². The van der Waals surface area contributed by atoms with Crippen LogP contribution in [0.2, 0.25) is 0 Å². The van der Waals surface area contributed by atoms with Crippen molar-refractivity contribution in [1.82, 2.24) is 20.0 Å². The third-order valence-electron chi connectivity index (χ3n) is 5.18. The van der Waals surface area contributed by atoms with Crippen molar-refractivity contribution in [2.24, 2.45) is 0 Å². The zero-order valence-electron chi connectivity index (χ0n) is 14.2. The SMILES string of the molecule is CN1CCN(C(C(=O)N(C)C2CCNC2)c2ccccc2)CC1. The van der Waals surface area contributed by atoms with Crippen LogP contribution in [-0.2, 0) is 4.79 Å². The van der Waals surface area contributed by atoms with E-state index in [0.29, 0.717) is 6.04 Å². The largest absolute Gasteiger partial charge is 0.340 e. The Bertz CT molecular complexity index is 507.